The summed E-state index contributed by atoms with van der Waals surface area (Å²) in [5.41, 5.74) is 1.47. The van der Waals surface area contributed by atoms with Crippen LogP contribution in [0.3, 0.4) is 0 Å². The summed E-state index contributed by atoms with van der Waals surface area (Å²) in [6.45, 7) is 4.41. The fourth-order valence-corrected chi connectivity index (χ4v) is 4.51. The van der Waals surface area contributed by atoms with Crippen molar-refractivity contribution in [1.82, 2.24) is 20.4 Å². The third kappa shape index (κ3) is 2.93. The van der Waals surface area contributed by atoms with E-state index in [4.69, 9.17) is 0 Å². The van der Waals surface area contributed by atoms with Gasteiger partial charge in [-0.15, -0.1) is 11.3 Å². The Morgan fingerprint density at radius 3 is 2.75 bits per heavy atom. The van der Waals surface area contributed by atoms with Gasteiger partial charge in [-0.2, -0.15) is 0 Å². The Balaban J connectivity index is 1.47. The van der Waals surface area contributed by atoms with Crippen LogP contribution < -0.4 is 10.6 Å². The molecule has 0 spiro atoms. The average Bonchev–Trinajstić information content (AvgIpc) is 3.22. The molecule has 1 fully saturated rings. The molecule has 2 N–H and O–H groups in total. The molecule has 7 heteroatoms. The summed E-state index contributed by atoms with van der Waals surface area (Å²) in [5.74, 6) is 0.0490. The van der Waals surface area contributed by atoms with E-state index in [1.807, 2.05) is 22.4 Å². The van der Waals surface area contributed by atoms with E-state index < -0.39 is 0 Å². The number of piperidine rings is 1. The van der Waals surface area contributed by atoms with Crippen molar-refractivity contribution >= 4 is 23.3 Å². The van der Waals surface area contributed by atoms with E-state index >= 15 is 0 Å². The Kier molecular flexibility index (Phi) is 4.28. The first kappa shape index (κ1) is 15.7. The van der Waals surface area contributed by atoms with E-state index in [1.165, 1.54) is 19.3 Å². The SMILES string of the molecule is O=C1NC2=C(C(=O)N(CCN3CCCCC3)C2)[C@@H](c2cccs2)N1. The highest BCUT2D eigenvalue weighted by atomic mass is 32.1. The van der Waals surface area contributed by atoms with Crippen molar-refractivity contribution in [3.8, 4) is 0 Å². The standard InChI is InChI=1S/C17H22N4O2S/c22-16-14-12(11-21(16)9-8-20-6-2-1-3-7-20)18-17(23)19-15(14)13-5-4-10-24-13/h4-5,10,15H,1-3,6-9,11H2,(H2,18,19,23)/t15-/m1/s1. The molecule has 0 aromatic carbocycles. The molecule has 1 aromatic rings. The molecule has 4 heterocycles. The maximum Gasteiger partial charge on any atom is 0.319 e. The van der Waals surface area contributed by atoms with Gasteiger partial charge in [0.05, 0.1) is 23.9 Å². The second kappa shape index (κ2) is 6.57. The lowest BCUT2D eigenvalue weighted by Gasteiger charge is -2.28. The Hall–Kier alpha value is -1.86. The molecule has 6 nitrogen and oxygen atoms in total. The first-order chi connectivity index (χ1) is 11.7. The Morgan fingerprint density at radius 2 is 2.00 bits per heavy atom. The zero-order valence-electron chi connectivity index (χ0n) is 13.6. The van der Waals surface area contributed by atoms with E-state index in [2.05, 4.69) is 15.5 Å². The number of nitrogens with zero attached hydrogens (tertiary/aromatic N) is 2. The molecule has 24 heavy (non-hydrogen) atoms. The lowest BCUT2D eigenvalue weighted by molar-refractivity contribution is -0.126. The van der Waals surface area contributed by atoms with Gasteiger partial charge < -0.3 is 20.4 Å². The quantitative estimate of drug-likeness (QED) is 0.872. The minimum absolute atomic E-state index is 0.0490. The lowest BCUT2D eigenvalue weighted by atomic mass is 10.0. The number of amides is 3. The smallest absolute Gasteiger partial charge is 0.319 e. The number of hydrogen-bond donors (Lipinski definition) is 2. The van der Waals surface area contributed by atoms with E-state index in [1.54, 1.807) is 11.3 Å². The summed E-state index contributed by atoms with van der Waals surface area (Å²) in [5, 5.41) is 7.69. The minimum Gasteiger partial charge on any atom is -0.332 e. The summed E-state index contributed by atoms with van der Waals surface area (Å²) >= 11 is 1.56. The van der Waals surface area contributed by atoms with Gasteiger partial charge in [-0.25, -0.2) is 4.79 Å². The van der Waals surface area contributed by atoms with Crippen LogP contribution in [0.1, 0.15) is 30.2 Å². The number of carbonyl (C=O) groups excluding carboxylic acids is 2. The van der Waals surface area contributed by atoms with Crippen LogP contribution in [-0.4, -0.2) is 54.5 Å². The van der Waals surface area contributed by atoms with Gasteiger partial charge in [0, 0.05) is 18.0 Å². The van der Waals surface area contributed by atoms with Gasteiger partial charge in [0.25, 0.3) is 5.91 Å². The summed E-state index contributed by atoms with van der Waals surface area (Å²) < 4.78 is 0. The van der Waals surface area contributed by atoms with Crippen LogP contribution >= 0.6 is 11.3 Å². The molecule has 0 bridgehead atoms. The van der Waals surface area contributed by atoms with Crippen molar-refractivity contribution < 1.29 is 9.59 Å². The van der Waals surface area contributed by atoms with Crippen molar-refractivity contribution in [2.75, 3.05) is 32.7 Å². The Bertz CT molecular complexity index is 664. The van der Waals surface area contributed by atoms with Gasteiger partial charge in [-0.05, 0) is 37.4 Å². The highest BCUT2D eigenvalue weighted by Gasteiger charge is 2.40. The average molecular weight is 346 g/mol. The molecule has 3 aliphatic heterocycles. The molecule has 0 aliphatic carbocycles. The van der Waals surface area contributed by atoms with Gasteiger partial charge in [0.2, 0.25) is 0 Å². The van der Waals surface area contributed by atoms with E-state index in [0.29, 0.717) is 12.1 Å². The summed E-state index contributed by atoms with van der Waals surface area (Å²) in [7, 11) is 0. The van der Waals surface area contributed by atoms with Crippen LogP contribution in [0, 0.1) is 0 Å². The van der Waals surface area contributed by atoms with E-state index in [-0.39, 0.29) is 18.0 Å². The summed E-state index contributed by atoms with van der Waals surface area (Å²) in [4.78, 5) is 30.1. The van der Waals surface area contributed by atoms with Crippen LogP contribution in [0.25, 0.3) is 0 Å². The third-order valence-corrected chi connectivity index (χ3v) is 5.92. The number of thiophene rings is 1. The van der Waals surface area contributed by atoms with Gasteiger partial charge in [0.15, 0.2) is 0 Å². The lowest BCUT2D eigenvalue weighted by Crippen LogP contribution is -2.44. The fraction of sp³-hybridized carbons (Fsp3) is 0.529. The number of nitrogens with one attached hydrogen (secondary N) is 2. The van der Waals surface area contributed by atoms with Gasteiger partial charge in [0.1, 0.15) is 0 Å². The first-order valence-corrected chi connectivity index (χ1v) is 9.46. The monoisotopic (exact) mass is 346 g/mol. The van der Waals surface area contributed by atoms with E-state index in [0.717, 1.165) is 36.8 Å². The minimum atomic E-state index is -0.318. The van der Waals surface area contributed by atoms with Crippen LogP contribution in [0.5, 0.6) is 0 Å². The molecule has 3 aliphatic rings. The van der Waals surface area contributed by atoms with Crippen molar-refractivity contribution in [2.24, 2.45) is 0 Å². The number of carbonyl (C=O) groups is 2. The number of rotatable bonds is 4. The van der Waals surface area contributed by atoms with Gasteiger partial charge >= 0.3 is 6.03 Å². The van der Waals surface area contributed by atoms with Crippen molar-refractivity contribution in [3.63, 3.8) is 0 Å². The van der Waals surface area contributed by atoms with Crippen molar-refractivity contribution in [3.05, 3.63) is 33.7 Å². The predicted octanol–water partition coefficient (Wildman–Crippen LogP) is 1.68. The fourth-order valence-electron chi connectivity index (χ4n) is 3.72. The second-order valence-corrected chi connectivity index (χ2v) is 7.55. The number of likely N-dealkylation sites (tertiary alicyclic amines) is 1. The van der Waals surface area contributed by atoms with Crippen LogP contribution in [-0.2, 0) is 4.79 Å². The molecule has 1 atom stereocenters. The molecule has 128 valence electrons. The van der Waals surface area contributed by atoms with Crippen molar-refractivity contribution in [1.29, 1.82) is 0 Å². The largest absolute Gasteiger partial charge is 0.332 e. The molecule has 1 saturated heterocycles. The summed E-state index contributed by atoms with van der Waals surface area (Å²) in [6, 6.07) is 3.37. The molecule has 4 rings (SSSR count). The second-order valence-electron chi connectivity index (χ2n) is 6.57. The molecule has 0 radical (unpaired) electrons. The molecule has 0 unspecified atom stereocenters. The molecule has 3 amide bonds. The zero-order chi connectivity index (χ0) is 16.5. The first-order valence-electron chi connectivity index (χ1n) is 8.58. The third-order valence-electron chi connectivity index (χ3n) is 4.98. The maximum atomic E-state index is 12.9. The van der Waals surface area contributed by atoms with Gasteiger partial charge in [-0.1, -0.05) is 12.5 Å². The highest BCUT2D eigenvalue weighted by molar-refractivity contribution is 7.10. The molecule has 0 saturated carbocycles. The zero-order valence-corrected chi connectivity index (χ0v) is 14.4. The van der Waals surface area contributed by atoms with Crippen LogP contribution in [0.15, 0.2) is 28.8 Å². The van der Waals surface area contributed by atoms with Crippen LogP contribution in [0.4, 0.5) is 4.79 Å². The Labute approximate surface area is 145 Å². The molecular weight excluding hydrogens is 324 g/mol. The van der Waals surface area contributed by atoms with Crippen LogP contribution in [0.2, 0.25) is 0 Å². The predicted molar refractivity (Wildman–Crippen MR) is 92.6 cm³/mol. The molecular formula is C17H22N4O2S. The van der Waals surface area contributed by atoms with Gasteiger partial charge in [-0.3, -0.25) is 4.79 Å². The molecule has 1 aromatic heterocycles. The van der Waals surface area contributed by atoms with E-state index in [9.17, 15) is 9.59 Å². The summed E-state index contributed by atoms with van der Waals surface area (Å²) in [6.07, 6.45) is 3.82. The van der Waals surface area contributed by atoms with Crippen molar-refractivity contribution in [2.45, 2.75) is 25.3 Å². The highest BCUT2D eigenvalue weighted by Crippen LogP contribution is 2.34. The maximum absolute atomic E-state index is 12.9. The number of urea groups is 1. The normalized spacial score (nSPS) is 24.8. The Morgan fingerprint density at radius 1 is 1.17 bits per heavy atom. The topological polar surface area (TPSA) is 64.7 Å². The number of hydrogen-bond acceptors (Lipinski definition) is 4.